The van der Waals surface area contributed by atoms with Crippen LogP contribution in [0.5, 0.6) is 0 Å². The normalized spacial score (nSPS) is 15.6. The molecule has 3 heteroatoms. The fourth-order valence-corrected chi connectivity index (χ4v) is 5.62. The van der Waals surface area contributed by atoms with E-state index in [9.17, 15) is 9.67 Å². The van der Waals surface area contributed by atoms with Crippen LogP contribution in [0.25, 0.3) is 0 Å². The van der Waals surface area contributed by atoms with E-state index in [4.69, 9.17) is 0 Å². The Balaban J connectivity index is 3.37. The smallest absolute Gasteiger partial charge is 0.0900 e. The number of unbranched alkanes of at least 4 members (excludes halogenated alkanes) is 11. The molecule has 0 aliphatic rings. The molecule has 1 N–H and O–H groups in total. The van der Waals surface area contributed by atoms with Crippen LogP contribution in [0.2, 0.25) is 0 Å². The van der Waals surface area contributed by atoms with Crippen molar-refractivity contribution in [3.8, 4) is 0 Å². The van der Waals surface area contributed by atoms with Gasteiger partial charge in [0, 0.05) is 12.3 Å². The van der Waals surface area contributed by atoms with Gasteiger partial charge in [0.1, 0.15) is 0 Å². The summed E-state index contributed by atoms with van der Waals surface area (Å²) in [4.78, 5) is 0. The molecule has 0 fully saturated rings. The summed E-state index contributed by atoms with van der Waals surface area (Å²) in [7, 11) is -2.09. The minimum Gasteiger partial charge on any atom is -0.393 e. The Morgan fingerprint density at radius 1 is 0.773 bits per heavy atom. The van der Waals surface area contributed by atoms with Gasteiger partial charge >= 0.3 is 0 Å². The minimum atomic E-state index is -2.09. The van der Waals surface area contributed by atoms with Crippen LogP contribution in [0.15, 0.2) is 0 Å². The van der Waals surface area contributed by atoms with Gasteiger partial charge in [0.15, 0.2) is 0 Å². The molecule has 0 aromatic rings. The van der Waals surface area contributed by atoms with Crippen LogP contribution in [-0.2, 0) is 4.57 Å². The third-order valence-corrected chi connectivity index (χ3v) is 8.07. The van der Waals surface area contributed by atoms with Crippen molar-refractivity contribution in [3.05, 3.63) is 0 Å². The van der Waals surface area contributed by atoms with Crippen molar-refractivity contribution in [1.29, 1.82) is 0 Å². The van der Waals surface area contributed by atoms with Crippen molar-refractivity contribution in [1.82, 2.24) is 0 Å². The SMILES string of the molecule is CCCCCCCCCCCCCCP(=O)(CC)CC(C)O. The highest BCUT2D eigenvalue weighted by atomic mass is 31.2. The summed E-state index contributed by atoms with van der Waals surface area (Å²) in [6.07, 6.45) is 17.7. The molecule has 0 amide bonds. The lowest BCUT2D eigenvalue weighted by Crippen LogP contribution is -2.10. The van der Waals surface area contributed by atoms with Crippen molar-refractivity contribution in [3.63, 3.8) is 0 Å². The largest absolute Gasteiger partial charge is 0.393 e. The highest BCUT2D eigenvalue weighted by Gasteiger charge is 2.21. The highest BCUT2D eigenvalue weighted by molar-refractivity contribution is 7.63. The van der Waals surface area contributed by atoms with Crippen molar-refractivity contribution in [2.75, 3.05) is 18.5 Å². The van der Waals surface area contributed by atoms with Crippen molar-refractivity contribution < 1.29 is 9.67 Å². The van der Waals surface area contributed by atoms with E-state index in [0.29, 0.717) is 6.16 Å². The van der Waals surface area contributed by atoms with Crippen LogP contribution in [0.4, 0.5) is 0 Å². The average Bonchev–Trinajstić information content (AvgIpc) is 2.47. The molecule has 2 atom stereocenters. The lowest BCUT2D eigenvalue weighted by atomic mass is 10.1. The molecule has 0 aliphatic heterocycles. The lowest BCUT2D eigenvalue weighted by Gasteiger charge is -2.17. The number of aliphatic hydroxyl groups excluding tert-OH is 1. The van der Waals surface area contributed by atoms with Crippen molar-refractivity contribution >= 4 is 7.14 Å². The van der Waals surface area contributed by atoms with Gasteiger partial charge in [-0.25, -0.2) is 0 Å². The van der Waals surface area contributed by atoms with E-state index in [1.807, 2.05) is 6.92 Å². The molecule has 0 aromatic carbocycles. The molecule has 0 aliphatic carbocycles. The number of aliphatic hydroxyl groups is 1. The fourth-order valence-electron chi connectivity index (χ4n) is 3.10. The monoisotopic (exact) mass is 332 g/mol. The Hall–Kier alpha value is 0.190. The Morgan fingerprint density at radius 3 is 1.55 bits per heavy atom. The second-order valence-corrected chi connectivity index (χ2v) is 10.6. The molecular formula is C19H41O2P. The summed E-state index contributed by atoms with van der Waals surface area (Å²) < 4.78 is 12.5. The molecule has 134 valence electrons. The predicted octanol–water partition coefficient (Wildman–Crippen LogP) is 6.45. The third kappa shape index (κ3) is 13.8. The zero-order valence-electron chi connectivity index (χ0n) is 15.5. The van der Waals surface area contributed by atoms with Crippen LogP contribution in [0, 0.1) is 0 Å². The van der Waals surface area contributed by atoms with Gasteiger partial charge in [-0.3, -0.25) is 0 Å². The summed E-state index contributed by atoms with van der Waals surface area (Å²) in [5.74, 6) is 0. The second-order valence-electron chi connectivity index (χ2n) is 7.02. The van der Waals surface area contributed by atoms with E-state index in [0.717, 1.165) is 18.7 Å². The van der Waals surface area contributed by atoms with Crippen LogP contribution in [0.1, 0.15) is 97.8 Å². The first-order valence-corrected chi connectivity index (χ1v) is 12.1. The van der Waals surface area contributed by atoms with Crippen LogP contribution >= 0.6 is 7.14 Å². The third-order valence-electron chi connectivity index (χ3n) is 4.59. The molecule has 22 heavy (non-hydrogen) atoms. The molecule has 0 saturated heterocycles. The number of hydrogen-bond donors (Lipinski definition) is 1. The van der Waals surface area contributed by atoms with E-state index >= 15 is 0 Å². The van der Waals surface area contributed by atoms with E-state index in [1.165, 1.54) is 70.6 Å². The fraction of sp³-hybridized carbons (Fsp3) is 1.00. The quantitative estimate of drug-likeness (QED) is 0.260. The predicted molar refractivity (Wildman–Crippen MR) is 101 cm³/mol. The molecule has 2 unspecified atom stereocenters. The van der Waals surface area contributed by atoms with Crippen molar-refractivity contribution in [2.45, 2.75) is 104 Å². The number of rotatable bonds is 16. The minimum absolute atomic E-state index is 0.414. The van der Waals surface area contributed by atoms with Crippen LogP contribution in [0.3, 0.4) is 0 Å². The average molecular weight is 333 g/mol. The summed E-state index contributed by atoms with van der Waals surface area (Å²) in [5.41, 5.74) is 0. The molecule has 2 nitrogen and oxygen atoms in total. The van der Waals surface area contributed by atoms with Gasteiger partial charge in [0.05, 0.1) is 13.2 Å². The molecule has 0 aromatic heterocycles. The molecule has 0 saturated carbocycles. The van der Waals surface area contributed by atoms with Gasteiger partial charge in [-0.1, -0.05) is 84.5 Å². The zero-order chi connectivity index (χ0) is 16.7. The molecule has 0 spiro atoms. The second kappa shape index (κ2) is 14.8. The van der Waals surface area contributed by atoms with E-state index in [2.05, 4.69) is 6.92 Å². The first kappa shape index (κ1) is 22.2. The van der Waals surface area contributed by atoms with Crippen LogP contribution < -0.4 is 0 Å². The maximum absolute atomic E-state index is 12.5. The molecule has 0 bridgehead atoms. The van der Waals surface area contributed by atoms with Gasteiger partial charge in [0.2, 0.25) is 0 Å². The summed E-state index contributed by atoms with van der Waals surface area (Å²) in [6, 6.07) is 0. The highest BCUT2D eigenvalue weighted by Crippen LogP contribution is 2.46. The molecule has 0 radical (unpaired) electrons. The van der Waals surface area contributed by atoms with Gasteiger partial charge in [-0.05, 0) is 19.5 Å². The Kier molecular flexibility index (Phi) is 14.9. The number of hydrogen-bond acceptors (Lipinski definition) is 2. The standard InChI is InChI=1S/C19H41O2P/c1-4-6-7-8-9-10-11-12-13-14-15-16-17-22(21,5-2)18-19(3)20/h19-20H,4-18H2,1-3H3. The lowest BCUT2D eigenvalue weighted by molar-refractivity contribution is 0.217. The van der Waals surface area contributed by atoms with E-state index in [1.54, 1.807) is 6.92 Å². The Bertz CT molecular complexity index is 277. The van der Waals surface area contributed by atoms with E-state index in [-0.39, 0.29) is 0 Å². The first-order valence-electron chi connectivity index (χ1n) is 9.79. The van der Waals surface area contributed by atoms with Crippen molar-refractivity contribution in [2.24, 2.45) is 0 Å². The van der Waals surface area contributed by atoms with Gasteiger partial charge in [-0.15, -0.1) is 0 Å². The Morgan fingerprint density at radius 2 is 1.18 bits per heavy atom. The zero-order valence-corrected chi connectivity index (χ0v) is 16.4. The van der Waals surface area contributed by atoms with Gasteiger partial charge < -0.3 is 9.67 Å². The molecule has 0 rings (SSSR count). The maximum Gasteiger partial charge on any atom is 0.0900 e. The summed E-state index contributed by atoms with van der Waals surface area (Å²) in [5, 5.41) is 9.44. The molecule has 0 heterocycles. The van der Waals surface area contributed by atoms with E-state index < -0.39 is 13.2 Å². The molecular weight excluding hydrogens is 291 g/mol. The Labute approximate surface area is 139 Å². The topological polar surface area (TPSA) is 37.3 Å². The summed E-state index contributed by atoms with van der Waals surface area (Å²) >= 11 is 0. The first-order chi connectivity index (χ1) is 10.5. The maximum atomic E-state index is 12.5. The van der Waals surface area contributed by atoms with Gasteiger partial charge in [0.25, 0.3) is 0 Å². The summed E-state index contributed by atoms with van der Waals surface area (Å²) in [6.45, 7) is 6.03. The van der Waals surface area contributed by atoms with Gasteiger partial charge in [-0.2, -0.15) is 0 Å². The van der Waals surface area contributed by atoms with Crippen LogP contribution in [-0.4, -0.2) is 29.7 Å².